The van der Waals surface area contributed by atoms with Gasteiger partial charge < -0.3 is 9.64 Å². The van der Waals surface area contributed by atoms with E-state index in [1.54, 1.807) is 7.11 Å². The van der Waals surface area contributed by atoms with Gasteiger partial charge in [-0.15, -0.1) is 0 Å². The predicted octanol–water partition coefficient (Wildman–Crippen LogP) is 3.17. The fourth-order valence-corrected chi connectivity index (χ4v) is 2.43. The molecule has 0 spiro atoms. The summed E-state index contributed by atoms with van der Waals surface area (Å²) in [6.07, 6.45) is 5.55. The van der Waals surface area contributed by atoms with Crippen LogP contribution in [0.4, 0.5) is 5.82 Å². The largest absolute Gasteiger partial charge is 0.497 e. The number of hydrogen-bond donors (Lipinski definition) is 0. The van der Waals surface area contributed by atoms with Gasteiger partial charge in [0.05, 0.1) is 12.7 Å². The molecule has 1 aromatic carbocycles. The molecule has 0 bridgehead atoms. The maximum atomic E-state index is 6.10. The number of nitrogens with zero attached hydrogens (tertiary/aromatic N) is 3. The molecule has 0 radical (unpaired) electrons. The van der Waals surface area contributed by atoms with Gasteiger partial charge in [-0.3, -0.25) is 0 Å². The number of methoxy groups -OCH3 is 1. The molecule has 0 unspecified atom stereocenters. The third-order valence-corrected chi connectivity index (χ3v) is 3.56. The zero-order valence-electron chi connectivity index (χ0n) is 11.1. The summed E-state index contributed by atoms with van der Waals surface area (Å²) < 4.78 is 5.17. The smallest absolute Gasteiger partial charge is 0.141 e. The molecule has 0 amide bonds. The van der Waals surface area contributed by atoms with E-state index >= 15 is 0 Å². The van der Waals surface area contributed by atoms with E-state index in [2.05, 4.69) is 33.1 Å². The highest BCUT2D eigenvalue weighted by Crippen LogP contribution is 2.29. The quantitative estimate of drug-likeness (QED) is 0.813. The fourth-order valence-electron chi connectivity index (χ4n) is 2.24. The standard InChI is InChI=1S/C15H14ClN3O/c1-20-12-6-4-11(5-7-12)9-19-8-2-3-13-14(16)17-10-18-15(13)19/h2-7,10H,8-9H2,1H3. The molecule has 0 aliphatic carbocycles. The van der Waals surface area contributed by atoms with Crippen molar-refractivity contribution in [3.05, 3.63) is 52.9 Å². The molecule has 20 heavy (non-hydrogen) atoms. The molecule has 4 nitrogen and oxygen atoms in total. The van der Waals surface area contributed by atoms with E-state index in [0.29, 0.717) is 5.15 Å². The molecule has 0 atom stereocenters. The molecule has 0 saturated carbocycles. The number of ether oxygens (including phenoxy) is 1. The lowest BCUT2D eigenvalue weighted by atomic mass is 10.1. The maximum absolute atomic E-state index is 6.10. The van der Waals surface area contributed by atoms with Crippen LogP contribution < -0.4 is 9.64 Å². The summed E-state index contributed by atoms with van der Waals surface area (Å²) in [5.74, 6) is 1.74. The van der Waals surface area contributed by atoms with Gasteiger partial charge in [-0.2, -0.15) is 0 Å². The summed E-state index contributed by atoms with van der Waals surface area (Å²) in [5.41, 5.74) is 2.08. The second-order valence-electron chi connectivity index (χ2n) is 4.53. The van der Waals surface area contributed by atoms with Crippen LogP contribution in [0.5, 0.6) is 5.75 Å². The van der Waals surface area contributed by atoms with Gasteiger partial charge in [-0.25, -0.2) is 9.97 Å². The summed E-state index contributed by atoms with van der Waals surface area (Å²) in [4.78, 5) is 10.5. The van der Waals surface area contributed by atoms with Gasteiger partial charge in [0.1, 0.15) is 23.0 Å². The van der Waals surface area contributed by atoms with Crippen LogP contribution in [-0.4, -0.2) is 23.6 Å². The topological polar surface area (TPSA) is 38.2 Å². The summed E-state index contributed by atoms with van der Waals surface area (Å²) in [6, 6.07) is 8.03. The molecule has 3 rings (SSSR count). The number of aromatic nitrogens is 2. The van der Waals surface area contributed by atoms with Crippen LogP contribution >= 0.6 is 11.6 Å². The van der Waals surface area contributed by atoms with Gasteiger partial charge in [0.25, 0.3) is 0 Å². The molecule has 0 N–H and O–H groups in total. The molecule has 0 saturated heterocycles. The number of fused-ring (bicyclic) bond motifs is 1. The van der Waals surface area contributed by atoms with Crippen LogP contribution in [0, 0.1) is 0 Å². The molecule has 0 fully saturated rings. The molecule has 2 heterocycles. The Labute approximate surface area is 122 Å². The second-order valence-corrected chi connectivity index (χ2v) is 4.89. The Kier molecular flexibility index (Phi) is 3.56. The number of halogens is 1. The first-order chi connectivity index (χ1) is 9.78. The van der Waals surface area contributed by atoms with Gasteiger partial charge in [-0.1, -0.05) is 35.9 Å². The van der Waals surface area contributed by atoms with E-state index < -0.39 is 0 Å². The Morgan fingerprint density at radius 3 is 2.80 bits per heavy atom. The first-order valence-electron chi connectivity index (χ1n) is 6.33. The molecule has 1 aliphatic heterocycles. The lowest BCUT2D eigenvalue weighted by Gasteiger charge is -2.27. The predicted molar refractivity (Wildman–Crippen MR) is 80.1 cm³/mol. The Morgan fingerprint density at radius 2 is 2.05 bits per heavy atom. The molecule has 1 aliphatic rings. The first-order valence-corrected chi connectivity index (χ1v) is 6.70. The highest BCUT2D eigenvalue weighted by atomic mass is 35.5. The minimum atomic E-state index is 0.491. The van der Waals surface area contributed by atoms with Gasteiger partial charge >= 0.3 is 0 Å². The summed E-state index contributed by atoms with van der Waals surface area (Å²) in [5, 5.41) is 0.491. The highest BCUT2D eigenvalue weighted by Gasteiger charge is 2.17. The van der Waals surface area contributed by atoms with Crippen LogP contribution in [0.2, 0.25) is 5.15 Å². The van der Waals surface area contributed by atoms with Crippen molar-refractivity contribution in [2.45, 2.75) is 6.54 Å². The van der Waals surface area contributed by atoms with Crippen molar-refractivity contribution in [2.75, 3.05) is 18.6 Å². The van der Waals surface area contributed by atoms with E-state index in [1.165, 1.54) is 11.9 Å². The van der Waals surface area contributed by atoms with Crippen molar-refractivity contribution >= 4 is 23.5 Å². The van der Waals surface area contributed by atoms with Crippen molar-refractivity contribution in [3.8, 4) is 5.75 Å². The monoisotopic (exact) mass is 287 g/mol. The van der Waals surface area contributed by atoms with Gasteiger partial charge in [0, 0.05) is 13.1 Å². The zero-order valence-corrected chi connectivity index (χ0v) is 11.8. The van der Waals surface area contributed by atoms with E-state index in [1.807, 2.05) is 18.2 Å². The Hall–Kier alpha value is -2.07. The lowest BCUT2D eigenvalue weighted by Crippen LogP contribution is -2.26. The first kappa shape index (κ1) is 12.9. The SMILES string of the molecule is COc1ccc(CN2CC=Cc3c(Cl)ncnc32)cc1. The lowest BCUT2D eigenvalue weighted by molar-refractivity contribution is 0.414. The van der Waals surface area contributed by atoms with Crippen LogP contribution in [0.25, 0.3) is 6.08 Å². The Bertz CT molecular complexity index is 640. The third kappa shape index (κ3) is 2.47. The minimum absolute atomic E-state index is 0.491. The maximum Gasteiger partial charge on any atom is 0.141 e. The van der Waals surface area contributed by atoms with Crippen LogP contribution in [0.1, 0.15) is 11.1 Å². The van der Waals surface area contributed by atoms with Crippen LogP contribution in [0.3, 0.4) is 0 Å². The molecule has 2 aromatic rings. The van der Waals surface area contributed by atoms with Crippen molar-refractivity contribution in [3.63, 3.8) is 0 Å². The molecule has 5 heteroatoms. The molecule has 1 aromatic heterocycles. The third-order valence-electron chi connectivity index (χ3n) is 3.26. The van der Waals surface area contributed by atoms with Crippen molar-refractivity contribution < 1.29 is 4.74 Å². The van der Waals surface area contributed by atoms with Crippen LogP contribution in [-0.2, 0) is 6.54 Å². The normalized spacial score (nSPS) is 13.2. The molecular formula is C15H14ClN3O. The van der Waals surface area contributed by atoms with Crippen molar-refractivity contribution in [2.24, 2.45) is 0 Å². The average molecular weight is 288 g/mol. The van der Waals surface area contributed by atoms with Gasteiger partial charge in [0.2, 0.25) is 0 Å². The summed E-state index contributed by atoms with van der Waals surface area (Å²) >= 11 is 6.10. The van der Waals surface area contributed by atoms with E-state index in [-0.39, 0.29) is 0 Å². The molecule has 102 valence electrons. The number of anilines is 1. The van der Waals surface area contributed by atoms with Crippen molar-refractivity contribution in [1.82, 2.24) is 9.97 Å². The van der Waals surface area contributed by atoms with Gasteiger partial charge in [-0.05, 0) is 17.7 Å². The van der Waals surface area contributed by atoms with E-state index in [4.69, 9.17) is 16.3 Å². The highest BCUT2D eigenvalue weighted by molar-refractivity contribution is 6.31. The van der Waals surface area contributed by atoms with E-state index in [9.17, 15) is 0 Å². The number of hydrogen-bond acceptors (Lipinski definition) is 4. The summed E-state index contributed by atoms with van der Waals surface area (Å²) in [7, 11) is 1.67. The van der Waals surface area contributed by atoms with Crippen LogP contribution in [0.15, 0.2) is 36.7 Å². The summed E-state index contributed by atoms with van der Waals surface area (Å²) in [6.45, 7) is 1.58. The number of rotatable bonds is 3. The Morgan fingerprint density at radius 1 is 1.25 bits per heavy atom. The van der Waals surface area contributed by atoms with Gasteiger partial charge in [0.15, 0.2) is 0 Å². The number of benzene rings is 1. The zero-order chi connectivity index (χ0) is 13.9. The van der Waals surface area contributed by atoms with Crippen molar-refractivity contribution in [1.29, 1.82) is 0 Å². The average Bonchev–Trinajstić information content (AvgIpc) is 2.49. The Balaban J connectivity index is 1.85. The second kappa shape index (κ2) is 5.51. The molecular weight excluding hydrogens is 274 g/mol. The minimum Gasteiger partial charge on any atom is -0.497 e. The fraction of sp³-hybridized carbons (Fsp3) is 0.200. The van der Waals surface area contributed by atoms with E-state index in [0.717, 1.165) is 30.2 Å².